The van der Waals surface area contributed by atoms with Gasteiger partial charge in [0.1, 0.15) is 5.82 Å². The molecule has 1 N–H and O–H groups in total. The number of para-hydroxylation sites is 1. The van der Waals surface area contributed by atoms with Crippen molar-refractivity contribution in [2.75, 3.05) is 17.7 Å². The molecule has 0 radical (unpaired) electrons. The summed E-state index contributed by atoms with van der Waals surface area (Å²) in [4.78, 5) is 24.7. The number of esters is 1. The number of ether oxygens (including phenoxy) is 1. The summed E-state index contributed by atoms with van der Waals surface area (Å²) in [7, 11) is 0. The minimum absolute atomic E-state index is 0.180. The molecule has 0 aliphatic carbocycles. The van der Waals surface area contributed by atoms with Crippen LogP contribution in [0.2, 0.25) is 0 Å². The molecule has 26 heavy (non-hydrogen) atoms. The Morgan fingerprint density at radius 2 is 1.88 bits per heavy atom. The van der Waals surface area contributed by atoms with E-state index < -0.39 is 5.97 Å². The van der Waals surface area contributed by atoms with E-state index in [0.29, 0.717) is 5.75 Å². The molecule has 2 aromatic carbocycles. The van der Waals surface area contributed by atoms with Gasteiger partial charge in [0.15, 0.2) is 6.61 Å². The third-order valence-corrected chi connectivity index (χ3v) is 4.77. The number of carbonyl (C=O) groups is 2. The predicted octanol–water partition coefficient (Wildman–Crippen LogP) is 4.36. The number of aryl methyl sites for hydroxylation is 2. The number of nitrogens with one attached hydrogen (secondary N) is 1. The molecule has 0 fully saturated rings. The Balaban J connectivity index is 1.73. The lowest BCUT2D eigenvalue weighted by atomic mass is 10.1. The van der Waals surface area contributed by atoms with E-state index in [-0.39, 0.29) is 24.8 Å². The fraction of sp³-hybridized carbons (Fsp3) is 0.300. The first kappa shape index (κ1) is 20.0. The summed E-state index contributed by atoms with van der Waals surface area (Å²) in [5.41, 5.74) is 2.79. The highest BCUT2D eigenvalue weighted by Gasteiger charge is 2.11. The number of carbonyl (C=O) groups excluding carboxylic acids is 2. The lowest BCUT2D eigenvalue weighted by molar-refractivity contribution is -0.146. The standard InChI is InChI=1S/C20H22FNO3S/c1-3-15-6-4-5-14(2)20(15)22-18(23)13-25-19(24)11-12-26-17-9-7-16(21)8-10-17/h4-10H,3,11-13H2,1-2H3,(H,22,23). The minimum atomic E-state index is -0.435. The van der Waals surface area contributed by atoms with Gasteiger partial charge in [0.2, 0.25) is 0 Å². The topological polar surface area (TPSA) is 55.4 Å². The Bertz CT molecular complexity index is 762. The summed E-state index contributed by atoms with van der Waals surface area (Å²) in [6.45, 7) is 3.63. The molecule has 0 bridgehead atoms. The van der Waals surface area contributed by atoms with E-state index in [1.165, 1.54) is 23.9 Å². The minimum Gasteiger partial charge on any atom is -0.456 e. The summed E-state index contributed by atoms with van der Waals surface area (Å²) in [6.07, 6.45) is 0.984. The number of hydrogen-bond acceptors (Lipinski definition) is 4. The number of halogens is 1. The van der Waals surface area contributed by atoms with E-state index in [1.807, 2.05) is 32.0 Å². The molecule has 1 amide bonds. The van der Waals surface area contributed by atoms with Gasteiger partial charge in [-0.3, -0.25) is 9.59 Å². The van der Waals surface area contributed by atoms with Gasteiger partial charge < -0.3 is 10.1 Å². The van der Waals surface area contributed by atoms with E-state index in [2.05, 4.69) is 5.32 Å². The number of rotatable bonds is 8. The number of anilines is 1. The average molecular weight is 375 g/mol. The Kier molecular flexibility index (Phi) is 7.66. The number of hydrogen-bond donors (Lipinski definition) is 1. The van der Waals surface area contributed by atoms with Gasteiger partial charge in [-0.25, -0.2) is 4.39 Å². The van der Waals surface area contributed by atoms with Gasteiger partial charge >= 0.3 is 5.97 Å². The van der Waals surface area contributed by atoms with Crippen LogP contribution in [-0.4, -0.2) is 24.2 Å². The highest BCUT2D eigenvalue weighted by atomic mass is 32.2. The van der Waals surface area contributed by atoms with E-state index in [0.717, 1.165) is 28.1 Å². The molecule has 0 saturated carbocycles. The first-order chi connectivity index (χ1) is 12.5. The van der Waals surface area contributed by atoms with Crippen LogP contribution in [0.3, 0.4) is 0 Å². The fourth-order valence-electron chi connectivity index (χ4n) is 2.38. The molecule has 0 aliphatic rings. The summed E-state index contributed by atoms with van der Waals surface area (Å²) in [6, 6.07) is 11.9. The van der Waals surface area contributed by atoms with Crippen molar-refractivity contribution >= 4 is 29.3 Å². The second kappa shape index (κ2) is 9.97. The first-order valence-corrected chi connectivity index (χ1v) is 9.40. The van der Waals surface area contributed by atoms with Crippen molar-refractivity contribution in [3.63, 3.8) is 0 Å². The van der Waals surface area contributed by atoms with Crippen molar-refractivity contribution in [2.24, 2.45) is 0 Å². The molecule has 138 valence electrons. The number of amides is 1. The molecule has 0 atom stereocenters. The number of thioether (sulfide) groups is 1. The van der Waals surface area contributed by atoms with Crippen LogP contribution in [-0.2, 0) is 20.7 Å². The largest absolute Gasteiger partial charge is 0.456 e. The highest BCUT2D eigenvalue weighted by Crippen LogP contribution is 2.21. The van der Waals surface area contributed by atoms with E-state index in [9.17, 15) is 14.0 Å². The first-order valence-electron chi connectivity index (χ1n) is 8.42. The second-order valence-corrected chi connectivity index (χ2v) is 6.89. The normalized spacial score (nSPS) is 10.4. The van der Waals surface area contributed by atoms with Gasteiger partial charge in [-0.1, -0.05) is 25.1 Å². The van der Waals surface area contributed by atoms with Crippen LogP contribution in [0.5, 0.6) is 0 Å². The van der Waals surface area contributed by atoms with E-state index in [4.69, 9.17) is 4.74 Å². The molecular weight excluding hydrogens is 353 g/mol. The lowest BCUT2D eigenvalue weighted by Crippen LogP contribution is -2.22. The SMILES string of the molecule is CCc1cccc(C)c1NC(=O)COC(=O)CCSc1ccc(F)cc1. The maximum atomic E-state index is 12.8. The quantitative estimate of drug-likeness (QED) is 0.550. The molecule has 0 spiro atoms. The van der Waals surface area contributed by atoms with Crippen molar-refractivity contribution in [3.05, 3.63) is 59.4 Å². The van der Waals surface area contributed by atoms with Crippen LogP contribution in [0.4, 0.5) is 10.1 Å². The van der Waals surface area contributed by atoms with Crippen molar-refractivity contribution in [1.29, 1.82) is 0 Å². The van der Waals surface area contributed by atoms with Crippen LogP contribution in [0.1, 0.15) is 24.5 Å². The Hall–Kier alpha value is -2.34. The van der Waals surface area contributed by atoms with Gasteiger partial charge in [-0.2, -0.15) is 0 Å². The predicted molar refractivity (Wildman–Crippen MR) is 102 cm³/mol. The zero-order valence-electron chi connectivity index (χ0n) is 14.9. The van der Waals surface area contributed by atoms with E-state index in [1.54, 1.807) is 12.1 Å². The van der Waals surface area contributed by atoms with Gasteiger partial charge in [-0.15, -0.1) is 11.8 Å². The zero-order chi connectivity index (χ0) is 18.9. The Morgan fingerprint density at radius 1 is 1.15 bits per heavy atom. The van der Waals surface area contributed by atoms with Crippen LogP contribution < -0.4 is 5.32 Å². The summed E-state index contributed by atoms with van der Waals surface area (Å²) >= 11 is 1.43. The lowest BCUT2D eigenvalue weighted by Gasteiger charge is -2.13. The highest BCUT2D eigenvalue weighted by molar-refractivity contribution is 7.99. The van der Waals surface area contributed by atoms with Crippen molar-refractivity contribution in [2.45, 2.75) is 31.6 Å². The van der Waals surface area contributed by atoms with Gasteiger partial charge in [-0.05, 0) is 48.7 Å². The molecule has 0 aliphatic heterocycles. The van der Waals surface area contributed by atoms with Gasteiger partial charge in [0.05, 0.1) is 6.42 Å². The second-order valence-electron chi connectivity index (χ2n) is 5.72. The van der Waals surface area contributed by atoms with Crippen molar-refractivity contribution in [1.82, 2.24) is 0 Å². The van der Waals surface area contributed by atoms with Crippen LogP contribution in [0.15, 0.2) is 47.4 Å². The molecule has 4 nitrogen and oxygen atoms in total. The molecular formula is C20H22FNO3S. The monoisotopic (exact) mass is 375 g/mol. The van der Waals surface area contributed by atoms with Crippen LogP contribution in [0, 0.1) is 12.7 Å². The molecule has 0 saturated heterocycles. The number of benzene rings is 2. The molecule has 2 aromatic rings. The van der Waals surface area contributed by atoms with Crippen molar-refractivity contribution < 1.29 is 18.7 Å². The summed E-state index contributed by atoms with van der Waals surface area (Å²) in [5.74, 6) is -0.576. The zero-order valence-corrected chi connectivity index (χ0v) is 15.7. The maximum Gasteiger partial charge on any atom is 0.307 e. The molecule has 0 aromatic heterocycles. The van der Waals surface area contributed by atoms with Gasteiger partial charge in [0.25, 0.3) is 5.91 Å². The summed E-state index contributed by atoms with van der Waals surface area (Å²) < 4.78 is 17.8. The van der Waals surface area contributed by atoms with Crippen LogP contribution >= 0.6 is 11.8 Å². The third kappa shape index (κ3) is 6.19. The molecule has 0 heterocycles. The molecule has 0 unspecified atom stereocenters. The maximum absolute atomic E-state index is 12.8. The van der Waals surface area contributed by atoms with Crippen molar-refractivity contribution in [3.8, 4) is 0 Å². The molecule has 2 rings (SSSR count). The van der Waals surface area contributed by atoms with Crippen LogP contribution in [0.25, 0.3) is 0 Å². The third-order valence-electron chi connectivity index (χ3n) is 3.76. The molecule has 6 heteroatoms. The van der Waals surface area contributed by atoms with Gasteiger partial charge in [0, 0.05) is 16.3 Å². The average Bonchev–Trinajstić information content (AvgIpc) is 2.63. The fourth-order valence-corrected chi connectivity index (χ4v) is 3.21. The summed E-state index contributed by atoms with van der Waals surface area (Å²) in [5, 5.41) is 2.82. The Morgan fingerprint density at radius 3 is 2.58 bits per heavy atom. The smallest absolute Gasteiger partial charge is 0.307 e. The Labute approximate surface area is 157 Å². The van der Waals surface area contributed by atoms with E-state index >= 15 is 0 Å².